The molecular weight excluding hydrogens is 254 g/mol. The lowest BCUT2D eigenvalue weighted by atomic mass is 10.2. The van der Waals surface area contributed by atoms with Crippen molar-refractivity contribution in [2.45, 2.75) is 13.5 Å². The van der Waals surface area contributed by atoms with Crippen molar-refractivity contribution < 1.29 is 9.26 Å². The summed E-state index contributed by atoms with van der Waals surface area (Å²) >= 11 is 6.11. The molecule has 0 spiro atoms. The van der Waals surface area contributed by atoms with Gasteiger partial charge in [-0.15, -0.1) is 0 Å². The van der Waals surface area contributed by atoms with E-state index in [0.29, 0.717) is 34.6 Å². The minimum absolute atomic E-state index is 0.465. The molecule has 1 aromatic carbocycles. The van der Waals surface area contributed by atoms with E-state index in [2.05, 4.69) is 15.5 Å². The largest absolute Gasteiger partial charge is 0.497 e. The van der Waals surface area contributed by atoms with Gasteiger partial charge in [0.15, 0.2) is 0 Å². The fourth-order valence-electron chi connectivity index (χ4n) is 1.47. The number of ether oxygens (including phenoxy) is 1. The zero-order chi connectivity index (χ0) is 13.0. The van der Waals surface area contributed by atoms with Crippen LogP contribution >= 0.6 is 11.6 Å². The number of hydrogen-bond donors (Lipinski definition) is 1. The van der Waals surface area contributed by atoms with Gasteiger partial charge in [-0.3, -0.25) is 0 Å². The van der Waals surface area contributed by atoms with Crippen LogP contribution in [0.25, 0.3) is 11.4 Å². The number of hydrogen-bond acceptors (Lipinski definition) is 5. The first kappa shape index (κ1) is 12.9. The number of methoxy groups -OCH3 is 1. The Hall–Kier alpha value is -1.59. The van der Waals surface area contributed by atoms with Crippen molar-refractivity contribution in [2.24, 2.45) is 0 Å². The molecule has 1 N–H and O–H groups in total. The van der Waals surface area contributed by atoms with Crippen molar-refractivity contribution in [2.75, 3.05) is 13.7 Å². The van der Waals surface area contributed by atoms with Gasteiger partial charge in [-0.25, -0.2) is 0 Å². The Labute approximate surface area is 110 Å². The molecular formula is C12H14ClN3O2. The van der Waals surface area contributed by atoms with Crippen LogP contribution in [-0.4, -0.2) is 23.8 Å². The van der Waals surface area contributed by atoms with Crippen LogP contribution in [0.1, 0.15) is 12.8 Å². The van der Waals surface area contributed by atoms with Crippen molar-refractivity contribution in [3.63, 3.8) is 0 Å². The van der Waals surface area contributed by atoms with E-state index in [0.717, 1.165) is 6.54 Å². The van der Waals surface area contributed by atoms with Crippen LogP contribution in [0, 0.1) is 0 Å². The first-order chi connectivity index (χ1) is 8.74. The predicted molar refractivity (Wildman–Crippen MR) is 68.7 cm³/mol. The molecule has 6 heteroatoms. The summed E-state index contributed by atoms with van der Waals surface area (Å²) in [4.78, 5) is 4.27. The standard InChI is InChI=1S/C12H14ClN3O2/c1-3-14-7-11-15-12(16-18-11)9-6-8(17-2)4-5-10(9)13/h4-6,14H,3,7H2,1-2H3. The van der Waals surface area contributed by atoms with Crippen LogP contribution in [0.15, 0.2) is 22.7 Å². The summed E-state index contributed by atoms with van der Waals surface area (Å²) in [5.41, 5.74) is 0.697. The first-order valence-electron chi connectivity index (χ1n) is 5.61. The summed E-state index contributed by atoms with van der Waals surface area (Å²) in [6, 6.07) is 5.31. The molecule has 96 valence electrons. The molecule has 0 aliphatic rings. The summed E-state index contributed by atoms with van der Waals surface area (Å²) in [6.07, 6.45) is 0. The van der Waals surface area contributed by atoms with Crippen molar-refractivity contribution >= 4 is 11.6 Å². The van der Waals surface area contributed by atoms with Gasteiger partial charge in [-0.1, -0.05) is 23.7 Å². The maximum Gasteiger partial charge on any atom is 0.240 e. The van der Waals surface area contributed by atoms with Gasteiger partial charge in [-0.05, 0) is 24.7 Å². The van der Waals surface area contributed by atoms with Gasteiger partial charge in [0, 0.05) is 5.56 Å². The van der Waals surface area contributed by atoms with E-state index in [1.54, 1.807) is 25.3 Å². The van der Waals surface area contributed by atoms with Gasteiger partial charge in [0.25, 0.3) is 0 Å². The van der Waals surface area contributed by atoms with E-state index in [9.17, 15) is 0 Å². The number of nitrogens with zero attached hydrogens (tertiary/aromatic N) is 2. The molecule has 18 heavy (non-hydrogen) atoms. The Bertz CT molecular complexity index is 528. The van der Waals surface area contributed by atoms with Crippen LogP contribution in [0.5, 0.6) is 5.75 Å². The van der Waals surface area contributed by atoms with Crippen LogP contribution in [0.2, 0.25) is 5.02 Å². The topological polar surface area (TPSA) is 60.2 Å². The van der Waals surface area contributed by atoms with Gasteiger partial charge in [0.05, 0.1) is 18.7 Å². The maximum absolute atomic E-state index is 6.11. The maximum atomic E-state index is 6.11. The molecule has 1 heterocycles. The summed E-state index contributed by atoms with van der Waals surface area (Å²) in [6.45, 7) is 3.40. The van der Waals surface area contributed by atoms with Crippen molar-refractivity contribution in [1.82, 2.24) is 15.5 Å². The molecule has 0 saturated carbocycles. The number of halogens is 1. The van der Waals surface area contributed by atoms with E-state index in [1.165, 1.54) is 0 Å². The molecule has 2 rings (SSSR count). The van der Waals surface area contributed by atoms with Gasteiger partial charge in [0.1, 0.15) is 5.75 Å². The van der Waals surface area contributed by atoms with E-state index < -0.39 is 0 Å². The second kappa shape index (κ2) is 5.84. The highest BCUT2D eigenvalue weighted by Crippen LogP contribution is 2.29. The quantitative estimate of drug-likeness (QED) is 0.902. The van der Waals surface area contributed by atoms with Crippen LogP contribution < -0.4 is 10.1 Å². The Balaban J connectivity index is 2.27. The highest BCUT2D eigenvalue weighted by molar-refractivity contribution is 6.33. The lowest BCUT2D eigenvalue weighted by molar-refractivity contribution is 0.369. The molecule has 0 radical (unpaired) electrons. The second-order valence-electron chi connectivity index (χ2n) is 3.64. The number of rotatable bonds is 5. The molecule has 5 nitrogen and oxygen atoms in total. The average molecular weight is 268 g/mol. The first-order valence-corrected chi connectivity index (χ1v) is 5.99. The van der Waals surface area contributed by atoms with E-state index in [1.807, 2.05) is 6.92 Å². The third-order valence-corrected chi connectivity index (χ3v) is 2.74. The Kier molecular flexibility index (Phi) is 4.17. The van der Waals surface area contributed by atoms with Gasteiger partial charge in [0.2, 0.25) is 11.7 Å². The third-order valence-electron chi connectivity index (χ3n) is 2.41. The lowest BCUT2D eigenvalue weighted by Gasteiger charge is -2.02. The zero-order valence-corrected chi connectivity index (χ0v) is 11.0. The fraction of sp³-hybridized carbons (Fsp3) is 0.333. The number of benzene rings is 1. The minimum atomic E-state index is 0.465. The highest BCUT2D eigenvalue weighted by Gasteiger charge is 2.12. The Morgan fingerprint density at radius 1 is 1.44 bits per heavy atom. The minimum Gasteiger partial charge on any atom is -0.497 e. The van der Waals surface area contributed by atoms with Gasteiger partial charge < -0.3 is 14.6 Å². The molecule has 0 aliphatic heterocycles. The van der Waals surface area contributed by atoms with Crippen LogP contribution in [-0.2, 0) is 6.54 Å². The Morgan fingerprint density at radius 3 is 3.00 bits per heavy atom. The molecule has 1 aromatic heterocycles. The predicted octanol–water partition coefficient (Wildman–Crippen LogP) is 2.51. The monoisotopic (exact) mass is 267 g/mol. The zero-order valence-electron chi connectivity index (χ0n) is 10.2. The Morgan fingerprint density at radius 2 is 2.28 bits per heavy atom. The molecule has 0 amide bonds. The van der Waals surface area contributed by atoms with Crippen molar-refractivity contribution in [1.29, 1.82) is 0 Å². The highest BCUT2D eigenvalue weighted by atomic mass is 35.5. The average Bonchev–Trinajstić information content (AvgIpc) is 2.85. The number of nitrogens with one attached hydrogen (secondary N) is 1. The van der Waals surface area contributed by atoms with E-state index >= 15 is 0 Å². The van der Waals surface area contributed by atoms with Crippen LogP contribution in [0.3, 0.4) is 0 Å². The fourth-order valence-corrected chi connectivity index (χ4v) is 1.67. The molecule has 0 bridgehead atoms. The number of aromatic nitrogens is 2. The smallest absolute Gasteiger partial charge is 0.240 e. The second-order valence-corrected chi connectivity index (χ2v) is 4.05. The third kappa shape index (κ3) is 2.80. The van der Waals surface area contributed by atoms with Gasteiger partial charge in [-0.2, -0.15) is 4.98 Å². The van der Waals surface area contributed by atoms with Crippen molar-refractivity contribution in [3.05, 3.63) is 29.1 Å². The summed E-state index contributed by atoms with van der Waals surface area (Å²) in [7, 11) is 1.60. The molecule has 0 fully saturated rings. The molecule has 0 unspecified atom stereocenters. The van der Waals surface area contributed by atoms with Gasteiger partial charge >= 0.3 is 0 Å². The molecule has 2 aromatic rings. The van der Waals surface area contributed by atoms with Crippen molar-refractivity contribution in [3.8, 4) is 17.1 Å². The molecule has 0 atom stereocenters. The van der Waals surface area contributed by atoms with Crippen LogP contribution in [0.4, 0.5) is 0 Å². The normalized spacial score (nSPS) is 10.6. The molecule has 0 aliphatic carbocycles. The summed E-state index contributed by atoms with van der Waals surface area (Å²) < 4.78 is 10.3. The summed E-state index contributed by atoms with van der Waals surface area (Å²) in [5, 5.41) is 7.58. The summed E-state index contributed by atoms with van der Waals surface area (Å²) in [5.74, 6) is 1.70. The lowest BCUT2D eigenvalue weighted by Crippen LogP contribution is -2.11. The SMILES string of the molecule is CCNCc1nc(-c2cc(OC)ccc2Cl)no1. The van der Waals surface area contributed by atoms with E-state index in [4.69, 9.17) is 20.9 Å². The molecule has 0 saturated heterocycles. The van der Waals surface area contributed by atoms with E-state index in [-0.39, 0.29) is 0 Å².